The van der Waals surface area contributed by atoms with Crippen molar-refractivity contribution in [2.24, 2.45) is 5.92 Å². The SMILES string of the molecule is CC1CCN(C(=O)CCc2ccc(S(=O)(=O)NCCc3ccccc3)cc2)CC1. The van der Waals surface area contributed by atoms with Crippen LogP contribution in [0, 0.1) is 5.92 Å². The van der Waals surface area contributed by atoms with Crippen LogP contribution in [0.5, 0.6) is 0 Å². The molecular weight excluding hydrogens is 384 g/mol. The van der Waals surface area contributed by atoms with Gasteiger partial charge in [0.15, 0.2) is 0 Å². The minimum atomic E-state index is -3.53. The molecule has 1 N–H and O–H groups in total. The fourth-order valence-corrected chi connectivity index (χ4v) is 4.59. The van der Waals surface area contributed by atoms with E-state index in [9.17, 15) is 13.2 Å². The number of likely N-dealkylation sites (tertiary alicyclic amines) is 1. The number of nitrogens with zero attached hydrogens (tertiary/aromatic N) is 1. The standard InChI is InChI=1S/C23H30N2O3S/c1-19-14-17-25(18-15-19)23(26)12-9-21-7-10-22(11-8-21)29(27,28)24-16-13-20-5-3-2-4-6-20/h2-8,10-11,19,24H,9,12-18H2,1H3. The maximum absolute atomic E-state index is 12.5. The highest BCUT2D eigenvalue weighted by Gasteiger charge is 2.20. The molecule has 0 spiro atoms. The molecule has 2 aromatic carbocycles. The molecule has 1 saturated heterocycles. The Bertz CT molecular complexity index is 887. The third-order valence-electron chi connectivity index (χ3n) is 5.55. The Kier molecular flexibility index (Phi) is 7.45. The van der Waals surface area contributed by atoms with Gasteiger partial charge in [0.05, 0.1) is 4.90 Å². The van der Waals surface area contributed by atoms with E-state index in [0.29, 0.717) is 31.7 Å². The summed E-state index contributed by atoms with van der Waals surface area (Å²) < 4.78 is 27.6. The van der Waals surface area contributed by atoms with Crippen LogP contribution in [0.2, 0.25) is 0 Å². The number of hydrogen-bond acceptors (Lipinski definition) is 3. The van der Waals surface area contributed by atoms with Gasteiger partial charge in [-0.1, -0.05) is 49.4 Å². The monoisotopic (exact) mass is 414 g/mol. The lowest BCUT2D eigenvalue weighted by Crippen LogP contribution is -2.37. The van der Waals surface area contributed by atoms with Crippen molar-refractivity contribution in [2.45, 2.75) is 43.9 Å². The number of carbonyl (C=O) groups excluding carboxylic acids is 1. The molecule has 1 aliphatic heterocycles. The summed E-state index contributed by atoms with van der Waals surface area (Å²) in [6, 6.07) is 16.6. The molecule has 0 atom stereocenters. The van der Waals surface area contributed by atoms with Crippen molar-refractivity contribution in [3.8, 4) is 0 Å². The molecule has 1 fully saturated rings. The molecule has 2 aromatic rings. The zero-order valence-corrected chi connectivity index (χ0v) is 17.8. The van der Waals surface area contributed by atoms with Gasteiger partial charge in [-0.05, 0) is 54.9 Å². The summed E-state index contributed by atoms with van der Waals surface area (Å²) in [7, 11) is -3.53. The van der Waals surface area contributed by atoms with Crippen molar-refractivity contribution in [1.82, 2.24) is 9.62 Å². The Balaban J connectivity index is 1.47. The first kappa shape index (κ1) is 21.5. The number of rotatable bonds is 8. The number of nitrogens with one attached hydrogen (secondary N) is 1. The van der Waals surface area contributed by atoms with Gasteiger partial charge in [-0.2, -0.15) is 0 Å². The number of benzene rings is 2. The van der Waals surface area contributed by atoms with Crippen LogP contribution < -0.4 is 4.72 Å². The van der Waals surface area contributed by atoms with Crippen LogP contribution >= 0.6 is 0 Å². The van der Waals surface area contributed by atoms with E-state index >= 15 is 0 Å². The fraction of sp³-hybridized carbons (Fsp3) is 0.435. The van der Waals surface area contributed by atoms with Crippen molar-refractivity contribution >= 4 is 15.9 Å². The van der Waals surface area contributed by atoms with Gasteiger partial charge in [0.25, 0.3) is 0 Å². The van der Waals surface area contributed by atoms with E-state index in [1.807, 2.05) is 35.2 Å². The van der Waals surface area contributed by atoms with Crippen molar-refractivity contribution in [2.75, 3.05) is 19.6 Å². The van der Waals surface area contributed by atoms with Gasteiger partial charge in [-0.3, -0.25) is 4.79 Å². The average molecular weight is 415 g/mol. The molecule has 0 aromatic heterocycles. The summed E-state index contributed by atoms with van der Waals surface area (Å²) in [6.07, 6.45) is 3.91. The second kappa shape index (κ2) is 10.0. The molecule has 0 unspecified atom stereocenters. The van der Waals surface area contributed by atoms with E-state index in [1.165, 1.54) is 0 Å². The van der Waals surface area contributed by atoms with E-state index in [0.717, 1.165) is 37.1 Å². The Morgan fingerprint density at radius 1 is 0.966 bits per heavy atom. The Morgan fingerprint density at radius 3 is 2.24 bits per heavy atom. The van der Waals surface area contributed by atoms with Crippen LogP contribution in [0.25, 0.3) is 0 Å². The summed E-state index contributed by atoms with van der Waals surface area (Å²) in [4.78, 5) is 14.6. The van der Waals surface area contributed by atoms with Gasteiger partial charge in [0.1, 0.15) is 0 Å². The van der Waals surface area contributed by atoms with Crippen LogP contribution in [0.1, 0.15) is 37.3 Å². The largest absolute Gasteiger partial charge is 0.343 e. The summed E-state index contributed by atoms with van der Waals surface area (Å²) >= 11 is 0. The van der Waals surface area contributed by atoms with E-state index in [4.69, 9.17) is 0 Å². The number of carbonyl (C=O) groups is 1. The van der Waals surface area contributed by atoms with Gasteiger partial charge in [0, 0.05) is 26.1 Å². The van der Waals surface area contributed by atoms with Crippen molar-refractivity contribution < 1.29 is 13.2 Å². The molecule has 1 amide bonds. The summed E-state index contributed by atoms with van der Waals surface area (Å²) in [5, 5.41) is 0. The predicted octanol–water partition coefficient (Wildman–Crippen LogP) is 3.40. The summed E-state index contributed by atoms with van der Waals surface area (Å²) in [6.45, 7) is 4.29. The molecule has 0 saturated carbocycles. The Hall–Kier alpha value is -2.18. The predicted molar refractivity (Wildman–Crippen MR) is 115 cm³/mol. The first-order valence-electron chi connectivity index (χ1n) is 10.3. The van der Waals surface area contributed by atoms with Gasteiger partial charge in [-0.25, -0.2) is 13.1 Å². The summed E-state index contributed by atoms with van der Waals surface area (Å²) in [5.74, 6) is 0.894. The van der Waals surface area contributed by atoms with E-state index in [1.54, 1.807) is 24.3 Å². The molecule has 0 bridgehead atoms. The number of sulfonamides is 1. The molecule has 0 radical (unpaired) electrons. The Morgan fingerprint density at radius 2 is 1.59 bits per heavy atom. The topological polar surface area (TPSA) is 66.5 Å². The van der Waals surface area contributed by atoms with Gasteiger partial charge >= 0.3 is 0 Å². The molecule has 29 heavy (non-hydrogen) atoms. The summed E-state index contributed by atoms with van der Waals surface area (Å²) in [5.41, 5.74) is 2.07. The number of amides is 1. The average Bonchev–Trinajstić information content (AvgIpc) is 2.73. The van der Waals surface area contributed by atoms with Crippen LogP contribution in [-0.2, 0) is 27.7 Å². The molecule has 0 aliphatic carbocycles. The Labute approximate surface area is 174 Å². The third kappa shape index (κ3) is 6.41. The first-order valence-corrected chi connectivity index (χ1v) is 11.8. The number of piperidine rings is 1. The normalized spacial score (nSPS) is 15.4. The van der Waals surface area contributed by atoms with Crippen molar-refractivity contribution in [1.29, 1.82) is 0 Å². The second-order valence-electron chi connectivity index (χ2n) is 7.84. The molecule has 3 rings (SSSR count). The lowest BCUT2D eigenvalue weighted by molar-refractivity contribution is -0.132. The van der Waals surface area contributed by atoms with Gasteiger partial charge < -0.3 is 4.90 Å². The van der Waals surface area contributed by atoms with E-state index < -0.39 is 10.0 Å². The van der Waals surface area contributed by atoms with Crippen LogP contribution in [-0.4, -0.2) is 38.9 Å². The fourth-order valence-electron chi connectivity index (χ4n) is 3.56. The maximum Gasteiger partial charge on any atom is 0.240 e. The highest BCUT2D eigenvalue weighted by atomic mass is 32.2. The molecule has 1 heterocycles. The molecule has 5 nitrogen and oxygen atoms in total. The highest BCUT2D eigenvalue weighted by Crippen LogP contribution is 2.18. The first-order chi connectivity index (χ1) is 13.9. The van der Waals surface area contributed by atoms with Gasteiger partial charge in [0.2, 0.25) is 15.9 Å². The van der Waals surface area contributed by atoms with Crippen LogP contribution in [0.15, 0.2) is 59.5 Å². The van der Waals surface area contributed by atoms with Crippen molar-refractivity contribution in [3.05, 3.63) is 65.7 Å². The number of aryl methyl sites for hydroxylation is 1. The third-order valence-corrected chi connectivity index (χ3v) is 7.02. The van der Waals surface area contributed by atoms with E-state index in [-0.39, 0.29) is 10.8 Å². The lowest BCUT2D eigenvalue weighted by atomic mass is 9.98. The smallest absolute Gasteiger partial charge is 0.240 e. The van der Waals surface area contributed by atoms with Crippen LogP contribution in [0.3, 0.4) is 0 Å². The molecular formula is C23H30N2O3S. The van der Waals surface area contributed by atoms with Gasteiger partial charge in [-0.15, -0.1) is 0 Å². The molecule has 1 aliphatic rings. The lowest BCUT2D eigenvalue weighted by Gasteiger charge is -2.30. The van der Waals surface area contributed by atoms with E-state index in [2.05, 4.69) is 11.6 Å². The second-order valence-corrected chi connectivity index (χ2v) is 9.61. The van der Waals surface area contributed by atoms with Crippen LogP contribution in [0.4, 0.5) is 0 Å². The minimum Gasteiger partial charge on any atom is -0.343 e. The van der Waals surface area contributed by atoms with Crippen molar-refractivity contribution in [3.63, 3.8) is 0 Å². The minimum absolute atomic E-state index is 0.191. The molecule has 6 heteroatoms. The number of hydrogen-bond donors (Lipinski definition) is 1. The molecule has 156 valence electrons. The highest BCUT2D eigenvalue weighted by molar-refractivity contribution is 7.89. The maximum atomic E-state index is 12.5. The zero-order valence-electron chi connectivity index (χ0n) is 17.0. The quantitative estimate of drug-likeness (QED) is 0.720. The zero-order chi connectivity index (χ0) is 20.7.